The molecule has 2 aromatic rings. The molecule has 2 saturated heterocycles. The molecule has 1 aromatic heterocycles. The Morgan fingerprint density at radius 2 is 2.15 bits per heavy atom. The molecule has 0 radical (unpaired) electrons. The standard InChI is InChI=1S/C21H28N4O/c1-16-14-23-24(15-16)11-6-10-22-21(26)18-13-20(17-7-3-2-4-8-17)25-12-5-9-19(18)25/h2-4,7-8,14-15,18-20H,5-6,9-13H2,1H3,(H,22,26)/t18-,19+,20-/m0/s1. The number of benzene rings is 1. The molecule has 4 rings (SSSR count). The molecule has 1 aromatic carbocycles. The molecule has 2 aliphatic rings. The first-order valence-electron chi connectivity index (χ1n) is 9.80. The van der Waals surface area contributed by atoms with E-state index in [0.29, 0.717) is 12.1 Å². The Bertz CT molecular complexity index is 741. The van der Waals surface area contributed by atoms with Gasteiger partial charge in [0.1, 0.15) is 0 Å². The Morgan fingerprint density at radius 1 is 1.31 bits per heavy atom. The summed E-state index contributed by atoms with van der Waals surface area (Å²) in [6.45, 7) is 4.73. The van der Waals surface area contributed by atoms with Gasteiger partial charge >= 0.3 is 0 Å². The quantitative estimate of drug-likeness (QED) is 0.813. The zero-order chi connectivity index (χ0) is 17.9. The van der Waals surface area contributed by atoms with E-state index in [0.717, 1.165) is 38.9 Å². The first-order chi connectivity index (χ1) is 12.7. The van der Waals surface area contributed by atoms with Gasteiger partial charge in [0.2, 0.25) is 5.91 Å². The van der Waals surface area contributed by atoms with Crippen molar-refractivity contribution in [3.63, 3.8) is 0 Å². The molecule has 138 valence electrons. The molecule has 3 heterocycles. The van der Waals surface area contributed by atoms with E-state index in [1.807, 2.05) is 24.0 Å². The summed E-state index contributed by atoms with van der Waals surface area (Å²) in [4.78, 5) is 15.4. The lowest BCUT2D eigenvalue weighted by molar-refractivity contribution is -0.125. The van der Waals surface area contributed by atoms with Crippen molar-refractivity contribution in [1.82, 2.24) is 20.0 Å². The van der Waals surface area contributed by atoms with Crippen LogP contribution in [-0.2, 0) is 11.3 Å². The van der Waals surface area contributed by atoms with Gasteiger partial charge in [0.15, 0.2) is 0 Å². The number of amides is 1. The molecule has 1 amide bonds. The van der Waals surface area contributed by atoms with Crippen molar-refractivity contribution in [3.05, 3.63) is 53.9 Å². The summed E-state index contributed by atoms with van der Waals surface area (Å²) in [7, 11) is 0. The number of aromatic nitrogens is 2. The average molecular weight is 352 g/mol. The molecule has 2 aliphatic heterocycles. The SMILES string of the molecule is Cc1cnn(CCCNC(=O)[C@H]2C[C@@H](c3ccccc3)N3CCC[C@H]23)c1. The normalized spacial score (nSPS) is 25.3. The lowest BCUT2D eigenvalue weighted by Crippen LogP contribution is -2.38. The Morgan fingerprint density at radius 3 is 2.92 bits per heavy atom. The molecule has 0 unspecified atom stereocenters. The fraction of sp³-hybridized carbons (Fsp3) is 0.524. The molecule has 5 heteroatoms. The summed E-state index contributed by atoms with van der Waals surface area (Å²) in [6.07, 6.45) is 8.12. The van der Waals surface area contributed by atoms with Crippen molar-refractivity contribution in [2.75, 3.05) is 13.1 Å². The maximum atomic E-state index is 12.8. The second-order valence-corrected chi connectivity index (χ2v) is 7.64. The van der Waals surface area contributed by atoms with Gasteiger partial charge in [-0.15, -0.1) is 0 Å². The van der Waals surface area contributed by atoms with Gasteiger partial charge in [0.25, 0.3) is 0 Å². The van der Waals surface area contributed by atoms with E-state index in [9.17, 15) is 4.79 Å². The average Bonchev–Trinajstić information content (AvgIpc) is 3.36. The summed E-state index contributed by atoms with van der Waals surface area (Å²) in [5.41, 5.74) is 2.53. The molecule has 26 heavy (non-hydrogen) atoms. The molecule has 0 bridgehead atoms. The van der Waals surface area contributed by atoms with Gasteiger partial charge < -0.3 is 5.32 Å². The van der Waals surface area contributed by atoms with Crippen LogP contribution in [0.4, 0.5) is 0 Å². The van der Waals surface area contributed by atoms with Crippen molar-refractivity contribution in [2.24, 2.45) is 5.92 Å². The zero-order valence-electron chi connectivity index (χ0n) is 15.5. The number of carbonyl (C=O) groups is 1. The summed E-state index contributed by atoms with van der Waals surface area (Å²) in [5.74, 6) is 0.353. The van der Waals surface area contributed by atoms with Crippen LogP contribution in [0, 0.1) is 12.8 Å². The molecule has 5 nitrogen and oxygen atoms in total. The molecular formula is C21H28N4O. The summed E-state index contributed by atoms with van der Waals surface area (Å²) in [6, 6.07) is 11.5. The number of nitrogens with one attached hydrogen (secondary N) is 1. The fourth-order valence-electron chi connectivity index (χ4n) is 4.62. The Labute approximate surface area is 155 Å². The smallest absolute Gasteiger partial charge is 0.224 e. The van der Waals surface area contributed by atoms with E-state index in [1.54, 1.807) is 0 Å². The molecule has 0 saturated carbocycles. The highest BCUT2D eigenvalue weighted by atomic mass is 16.2. The third-order valence-electron chi connectivity index (χ3n) is 5.83. The number of rotatable bonds is 6. The maximum absolute atomic E-state index is 12.8. The zero-order valence-corrected chi connectivity index (χ0v) is 15.5. The number of fused-ring (bicyclic) bond motifs is 1. The Kier molecular flexibility index (Phi) is 5.07. The predicted molar refractivity (Wildman–Crippen MR) is 102 cm³/mol. The van der Waals surface area contributed by atoms with Gasteiger partial charge in [0, 0.05) is 31.4 Å². The number of carbonyl (C=O) groups excluding carboxylic acids is 1. The summed E-state index contributed by atoms with van der Waals surface area (Å²) < 4.78 is 1.95. The molecule has 1 N–H and O–H groups in total. The minimum atomic E-state index is 0.120. The molecule has 2 fully saturated rings. The minimum absolute atomic E-state index is 0.120. The van der Waals surface area contributed by atoms with E-state index in [4.69, 9.17) is 0 Å². The van der Waals surface area contributed by atoms with Crippen LogP contribution in [0.3, 0.4) is 0 Å². The van der Waals surface area contributed by atoms with E-state index in [-0.39, 0.29) is 11.8 Å². The third-order valence-corrected chi connectivity index (χ3v) is 5.83. The van der Waals surface area contributed by atoms with Crippen LogP contribution in [0.1, 0.15) is 42.9 Å². The van der Waals surface area contributed by atoms with Crippen LogP contribution < -0.4 is 5.32 Å². The van der Waals surface area contributed by atoms with Gasteiger partial charge in [-0.05, 0) is 50.3 Å². The van der Waals surface area contributed by atoms with Crippen LogP contribution in [0.15, 0.2) is 42.7 Å². The van der Waals surface area contributed by atoms with E-state index >= 15 is 0 Å². The Hall–Kier alpha value is -2.14. The van der Waals surface area contributed by atoms with Crippen molar-refractivity contribution in [1.29, 1.82) is 0 Å². The van der Waals surface area contributed by atoms with E-state index in [2.05, 4.69) is 45.6 Å². The monoisotopic (exact) mass is 352 g/mol. The topological polar surface area (TPSA) is 50.2 Å². The maximum Gasteiger partial charge on any atom is 0.224 e. The van der Waals surface area contributed by atoms with Crippen molar-refractivity contribution >= 4 is 5.91 Å². The predicted octanol–water partition coefficient (Wildman–Crippen LogP) is 2.92. The highest BCUT2D eigenvalue weighted by Gasteiger charge is 2.46. The van der Waals surface area contributed by atoms with Gasteiger partial charge in [0.05, 0.1) is 12.1 Å². The number of hydrogen-bond acceptors (Lipinski definition) is 3. The number of aryl methyl sites for hydroxylation is 2. The van der Waals surface area contributed by atoms with Gasteiger partial charge in [-0.2, -0.15) is 5.10 Å². The highest BCUT2D eigenvalue weighted by molar-refractivity contribution is 5.80. The van der Waals surface area contributed by atoms with Crippen LogP contribution in [0.2, 0.25) is 0 Å². The Balaban J connectivity index is 1.32. The van der Waals surface area contributed by atoms with Gasteiger partial charge in [-0.1, -0.05) is 30.3 Å². The van der Waals surface area contributed by atoms with Crippen LogP contribution in [-0.4, -0.2) is 39.7 Å². The highest BCUT2D eigenvalue weighted by Crippen LogP contribution is 2.44. The van der Waals surface area contributed by atoms with Gasteiger partial charge in [-0.25, -0.2) is 0 Å². The molecular weight excluding hydrogens is 324 g/mol. The van der Waals surface area contributed by atoms with Crippen LogP contribution in [0.25, 0.3) is 0 Å². The van der Waals surface area contributed by atoms with Crippen LogP contribution in [0.5, 0.6) is 0 Å². The van der Waals surface area contributed by atoms with Crippen molar-refractivity contribution in [2.45, 2.75) is 51.2 Å². The lowest BCUT2D eigenvalue weighted by Gasteiger charge is -2.24. The fourth-order valence-corrected chi connectivity index (χ4v) is 4.62. The second kappa shape index (κ2) is 7.62. The number of nitrogens with zero attached hydrogens (tertiary/aromatic N) is 3. The van der Waals surface area contributed by atoms with E-state index in [1.165, 1.54) is 17.5 Å². The van der Waals surface area contributed by atoms with Gasteiger partial charge in [-0.3, -0.25) is 14.4 Å². The van der Waals surface area contributed by atoms with Crippen LogP contribution >= 0.6 is 0 Å². The summed E-state index contributed by atoms with van der Waals surface area (Å²) in [5, 5.41) is 7.47. The number of hydrogen-bond donors (Lipinski definition) is 1. The van der Waals surface area contributed by atoms with Crippen molar-refractivity contribution < 1.29 is 4.79 Å². The molecule has 3 atom stereocenters. The minimum Gasteiger partial charge on any atom is -0.356 e. The first kappa shape index (κ1) is 17.3. The first-order valence-corrected chi connectivity index (χ1v) is 9.80. The van der Waals surface area contributed by atoms with Crippen molar-refractivity contribution in [3.8, 4) is 0 Å². The lowest BCUT2D eigenvalue weighted by atomic mass is 9.93. The second-order valence-electron chi connectivity index (χ2n) is 7.64. The largest absolute Gasteiger partial charge is 0.356 e. The third kappa shape index (κ3) is 3.54. The van der Waals surface area contributed by atoms with E-state index < -0.39 is 0 Å². The molecule has 0 spiro atoms. The summed E-state index contributed by atoms with van der Waals surface area (Å²) >= 11 is 0. The molecule has 0 aliphatic carbocycles.